The Balaban J connectivity index is 1.75. The number of anilines is 1. The van der Waals surface area contributed by atoms with E-state index >= 15 is 0 Å². The molecular weight excluding hydrogens is 294 g/mol. The predicted molar refractivity (Wildman–Crippen MR) is 85.9 cm³/mol. The molecule has 0 bridgehead atoms. The Bertz CT molecular complexity index is 758. The van der Waals surface area contributed by atoms with E-state index in [1.165, 1.54) is 0 Å². The summed E-state index contributed by atoms with van der Waals surface area (Å²) < 4.78 is 10.9. The molecule has 5 nitrogen and oxygen atoms in total. The maximum absolute atomic E-state index is 12.3. The summed E-state index contributed by atoms with van der Waals surface area (Å²) in [5, 5.41) is 0. The lowest BCUT2D eigenvalue weighted by atomic mass is 10.1. The molecule has 0 N–H and O–H groups in total. The number of furan rings is 1. The minimum absolute atomic E-state index is 0.134. The Hall–Kier alpha value is -2.56. The minimum Gasteiger partial charge on any atom is -0.465 e. The standard InChI is InChI=1S/C18H19NO4/c1-11-12(2)22-13(3)17(11)18(21)23-15-8-6-14(7-9-15)19-10-4-5-16(19)20/h6-9H,4-5,10H2,1-3H3. The van der Waals surface area contributed by atoms with E-state index in [0.717, 1.165) is 30.0 Å². The van der Waals surface area contributed by atoms with Crippen molar-refractivity contribution >= 4 is 17.6 Å². The second-order valence-electron chi connectivity index (χ2n) is 5.75. The van der Waals surface area contributed by atoms with Crippen LogP contribution < -0.4 is 9.64 Å². The van der Waals surface area contributed by atoms with Crippen LogP contribution in [-0.2, 0) is 4.79 Å². The van der Waals surface area contributed by atoms with Gasteiger partial charge >= 0.3 is 5.97 Å². The molecule has 3 rings (SSSR count). The molecule has 1 aromatic carbocycles. The third-order valence-corrected chi connectivity index (χ3v) is 4.20. The van der Waals surface area contributed by atoms with Crippen LogP contribution in [0.4, 0.5) is 5.69 Å². The number of aryl methyl sites for hydroxylation is 2. The van der Waals surface area contributed by atoms with Gasteiger partial charge < -0.3 is 14.1 Å². The first-order valence-electron chi connectivity index (χ1n) is 7.66. The van der Waals surface area contributed by atoms with Crippen molar-refractivity contribution in [2.75, 3.05) is 11.4 Å². The molecule has 1 aliphatic heterocycles. The normalized spacial score (nSPS) is 14.4. The third-order valence-electron chi connectivity index (χ3n) is 4.20. The van der Waals surface area contributed by atoms with Crippen molar-refractivity contribution in [3.05, 3.63) is 46.9 Å². The number of nitrogens with zero attached hydrogens (tertiary/aromatic N) is 1. The largest absolute Gasteiger partial charge is 0.465 e. The Kier molecular flexibility index (Phi) is 3.94. The molecule has 23 heavy (non-hydrogen) atoms. The van der Waals surface area contributed by atoms with Crippen molar-refractivity contribution in [2.24, 2.45) is 0 Å². The van der Waals surface area contributed by atoms with Crippen molar-refractivity contribution in [3.63, 3.8) is 0 Å². The molecule has 0 spiro atoms. The molecule has 1 fully saturated rings. The highest BCUT2D eigenvalue weighted by Crippen LogP contribution is 2.26. The van der Waals surface area contributed by atoms with E-state index in [0.29, 0.717) is 23.5 Å². The van der Waals surface area contributed by atoms with E-state index in [1.807, 2.05) is 13.8 Å². The van der Waals surface area contributed by atoms with Gasteiger partial charge in [-0.2, -0.15) is 0 Å². The fraction of sp³-hybridized carbons (Fsp3) is 0.333. The first-order valence-corrected chi connectivity index (χ1v) is 7.66. The molecule has 1 amide bonds. The molecule has 1 aromatic heterocycles. The van der Waals surface area contributed by atoms with Crippen molar-refractivity contribution in [1.82, 2.24) is 0 Å². The van der Waals surface area contributed by atoms with Crippen LogP contribution in [0.5, 0.6) is 5.75 Å². The van der Waals surface area contributed by atoms with E-state index in [-0.39, 0.29) is 5.91 Å². The van der Waals surface area contributed by atoms with Crippen LogP contribution in [0.2, 0.25) is 0 Å². The van der Waals surface area contributed by atoms with Gasteiger partial charge in [-0.25, -0.2) is 4.79 Å². The van der Waals surface area contributed by atoms with Crippen molar-refractivity contribution in [1.29, 1.82) is 0 Å². The molecule has 2 heterocycles. The van der Waals surface area contributed by atoms with E-state index < -0.39 is 5.97 Å². The minimum atomic E-state index is -0.429. The van der Waals surface area contributed by atoms with Gasteiger partial charge in [0.2, 0.25) is 5.91 Å². The quantitative estimate of drug-likeness (QED) is 0.642. The lowest BCUT2D eigenvalue weighted by molar-refractivity contribution is -0.117. The summed E-state index contributed by atoms with van der Waals surface area (Å²) in [7, 11) is 0. The first kappa shape index (κ1) is 15.3. The summed E-state index contributed by atoms with van der Waals surface area (Å²) in [5.41, 5.74) is 2.10. The predicted octanol–water partition coefficient (Wildman–Crippen LogP) is 3.55. The Morgan fingerprint density at radius 3 is 2.35 bits per heavy atom. The fourth-order valence-corrected chi connectivity index (χ4v) is 2.87. The van der Waals surface area contributed by atoms with E-state index in [1.54, 1.807) is 36.1 Å². The van der Waals surface area contributed by atoms with Gasteiger partial charge in [-0.3, -0.25) is 4.79 Å². The maximum Gasteiger partial charge on any atom is 0.347 e. The van der Waals surface area contributed by atoms with Crippen LogP contribution in [0.1, 0.15) is 40.3 Å². The SMILES string of the molecule is Cc1oc(C)c(C(=O)Oc2ccc(N3CCCC3=O)cc2)c1C. The van der Waals surface area contributed by atoms with Gasteiger partial charge in [-0.1, -0.05) is 0 Å². The number of hydrogen-bond donors (Lipinski definition) is 0. The highest BCUT2D eigenvalue weighted by molar-refractivity contribution is 5.96. The van der Waals surface area contributed by atoms with Gasteiger partial charge in [0, 0.05) is 24.2 Å². The smallest absolute Gasteiger partial charge is 0.347 e. The Morgan fingerprint density at radius 2 is 1.83 bits per heavy atom. The van der Waals surface area contributed by atoms with Gasteiger partial charge in [0.05, 0.1) is 0 Å². The van der Waals surface area contributed by atoms with Crippen LogP contribution in [0.25, 0.3) is 0 Å². The topological polar surface area (TPSA) is 59.8 Å². The third kappa shape index (κ3) is 2.86. The molecule has 1 saturated heterocycles. The summed E-state index contributed by atoms with van der Waals surface area (Å²) in [6.07, 6.45) is 1.48. The first-order chi connectivity index (χ1) is 11.0. The molecule has 2 aromatic rings. The zero-order chi connectivity index (χ0) is 16.6. The van der Waals surface area contributed by atoms with Crippen LogP contribution in [-0.4, -0.2) is 18.4 Å². The van der Waals surface area contributed by atoms with E-state index in [2.05, 4.69) is 0 Å². The molecule has 0 unspecified atom stereocenters. The van der Waals surface area contributed by atoms with Crippen LogP contribution in [0.3, 0.4) is 0 Å². The van der Waals surface area contributed by atoms with Crippen molar-refractivity contribution in [2.45, 2.75) is 33.6 Å². The average molecular weight is 313 g/mol. The number of hydrogen-bond acceptors (Lipinski definition) is 4. The van der Waals surface area contributed by atoms with Gasteiger partial charge in [0.25, 0.3) is 0 Å². The van der Waals surface area contributed by atoms with Crippen LogP contribution in [0.15, 0.2) is 28.7 Å². The zero-order valence-electron chi connectivity index (χ0n) is 13.5. The van der Waals surface area contributed by atoms with Crippen molar-refractivity contribution in [3.8, 4) is 5.75 Å². The average Bonchev–Trinajstić information content (AvgIpc) is 3.04. The summed E-state index contributed by atoms with van der Waals surface area (Å²) in [6.45, 7) is 6.15. The maximum atomic E-state index is 12.3. The van der Waals surface area contributed by atoms with Gasteiger partial charge in [0.1, 0.15) is 22.8 Å². The summed E-state index contributed by atoms with van der Waals surface area (Å²) in [6, 6.07) is 7.01. The van der Waals surface area contributed by atoms with E-state index in [4.69, 9.17) is 9.15 Å². The second kappa shape index (κ2) is 5.91. The number of amides is 1. The molecule has 0 radical (unpaired) electrons. The number of carbonyl (C=O) groups excluding carboxylic acids is 2. The summed E-state index contributed by atoms with van der Waals surface area (Å²) >= 11 is 0. The zero-order valence-corrected chi connectivity index (χ0v) is 13.5. The lowest BCUT2D eigenvalue weighted by Crippen LogP contribution is -2.23. The van der Waals surface area contributed by atoms with Gasteiger partial charge in [-0.15, -0.1) is 0 Å². The molecule has 1 aliphatic rings. The fourth-order valence-electron chi connectivity index (χ4n) is 2.87. The van der Waals surface area contributed by atoms with Crippen LogP contribution in [0, 0.1) is 20.8 Å². The number of benzene rings is 1. The molecule has 5 heteroatoms. The molecule has 120 valence electrons. The number of carbonyl (C=O) groups is 2. The van der Waals surface area contributed by atoms with Crippen LogP contribution >= 0.6 is 0 Å². The number of rotatable bonds is 3. The van der Waals surface area contributed by atoms with Gasteiger partial charge in [0.15, 0.2) is 0 Å². The van der Waals surface area contributed by atoms with E-state index in [9.17, 15) is 9.59 Å². The molecule has 0 saturated carbocycles. The second-order valence-corrected chi connectivity index (χ2v) is 5.75. The lowest BCUT2D eigenvalue weighted by Gasteiger charge is -2.15. The van der Waals surface area contributed by atoms with Gasteiger partial charge in [-0.05, 0) is 51.5 Å². The number of esters is 1. The summed E-state index contributed by atoms with van der Waals surface area (Å²) in [5.74, 6) is 1.43. The monoisotopic (exact) mass is 313 g/mol. The Morgan fingerprint density at radius 1 is 1.13 bits per heavy atom. The molecule has 0 aliphatic carbocycles. The highest BCUT2D eigenvalue weighted by atomic mass is 16.5. The molecule has 0 atom stereocenters. The number of ether oxygens (including phenoxy) is 1. The Labute approximate surface area is 134 Å². The molecular formula is C18H19NO4. The highest BCUT2D eigenvalue weighted by Gasteiger charge is 2.23. The van der Waals surface area contributed by atoms with Crippen molar-refractivity contribution < 1.29 is 18.7 Å². The summed E-state index contributed by atoms with van der Waals surface area (Å²) in [4.78, 5) is 25.8.